The van der Waals surface area contributed by atoms with Crippen LogP contribution in [-0.4, -0.2) is 38.6 Å². The van der Waals surface area contributed by atoms with Gasteiger partial charge in [0, 0.05) is 43.5 Å². The first-order chi connectivity index (χ1) is 13.3. The maximum Gasteiger partial charge on any atom is 0.292 e. The lowest BCUT2D eigenvalue weighted by Gasteiger charge is -2.32. The minimum atomic E-state index is 0.0295. The van der Waals surface area contributed by atoms with E-state index in [1.165, 1.54) is 25.1 Å². The lowest BCUT2D eigenvalue weighted by molar-refractivity contribution is 0.0666. The number of imidazole rings is 1. The smallest absolute Gasteiger partial charge is 0.292 e. The second-order valence-corrected chi connectivity index (χ2v) is 8.45. The molecule has 144 valence electrons. The Bertz CT molecular complexity index is 812. The highest BCUT2D eigenvalue weighted by atomic mass is 16.5. The molecule has 3 aliphatic rings. The molecule has 0 aromatic carbocycles. The van der Waals surface area contributed by atoms with E-state index in [-0.39, 0.29) is 5.91 Å². The van der Waals surface area contributed by atoms with Crippen molar-refractivity contribution in [2.45, 2.75) is 70.3 Å². The largest absolute Gasteiger partial charge is 0.350 e. The zero-order valence-corrected chi connectivity index (χ0v) is 15.9. The number of hydrogen-bond acceptors (Lipinski definition) is 4. The molecule has 3 heterocycles. The van der Waals surface area contributed by atoms with Crippen LogP contribution in [0.2, 0.25) is 0 Å². The molecule has 0 bridgehead atoms. The molecule has 0 spiro atoms. The van der Waals surface area contributed by atoms with Crippen molar-refractivity contribution >= 4 is 5.91 Å². The van der Waals surface area contributed by atoms with Gasteiger partial charge in [0.2, 0.25) is 5.76 Å². The molecule has 0 unspecified atom stereocenters. The van der Waals surface area contributed by atoms with Crippen molar-refractivity contribution in [3.05, 3.63) is 35.2 Å². The minimum absolute atomic E-state index is 0.0295. The van der Waals surface area contributed by atoms with Crippen molar-refractivity contribution in [1.29, 1.82) is 0 Å². The van der Waals surface area contributed by atoms with Crippen LogP contribution in [0.15, 0.2) is 16.9 Å². The second-order valence-electron chi connectivity index (χ2n) is 8.45. The fourth-order valence-corrected chi connectivity index (χ4v) is 4.83. The van der Waals surface area contributed by atoms with Gasteiger partial charge in [0.1, 0.15) is 5.82 Å². The molecule has 1 amide bonds. The van der Waals surface area contributed by atoms with Crippen LogP contribution in [0.3, 0.4) is 0 Å². The van der Waals surface area contributed by atoms with Crippen molar-refractivity contribution in [3.8, 4) is 0 Å². The summed E-state index contributed by atoms with van der Waals surface area (Å²) in [6.07, 6.45) is 14.2. The average Bonchev–Trinajstić information content (AvgIpc) is 3.31. The van der Waals surface area contributed by atoms with Gasteiger partial charge < -0.3 is 14.0 Å². The second kappa shape index (κ2) is 7.13. The summed E-state index contributed by atoms with van der Waals surface area (Å²) in [5.74, 6) is 3.02. The maximum absolute atomic E-state index is 13.0. The number of carbonyl (C=O) groups excluding carboxylic acids is 1. The molecular formula is C21H28N4O2. The SMILES string of the molecule is O=C(c1onc2c1CCCC2)N1CCC(c2nccn2CC2CCC2)CC1. The highest BCUT2D eigenvalue weighted by Gasteiger charge is 2.32. The molecule has 2 aromatic heterocycles. The fourth-order valence-electron chi connectivity index (χ4n) is 4.83. The van der Waals surface area contributed by atoms with E-state index in [2.05, 4.69) is 20.9 Å². The average molecular weight is 368 g/mol. The van der Waals surface area contributed by atoms with Gasteiger partial charge in [-0.15, -0.1) is 0 Å². The van der Waals surface area contributed by atoms with E-state index in [0.717, 1.165) is 75.3 Å². The number of piperidine rings is 1. The summed E-state index contributed by atoms with van der Waals surface area (Å²) in [4.78, 5) is 19.6. The van der Waals surface area contributed by atoms with Crippen LogP contribution in [0.4, 0.5) is 0 Å². The van der Waals surface area contributed by atoms with E-state index in [1.807, 2.05) is 11.1 Å². The Morgan fingerprint density at radius 2 is 1.93 bits per heavy atom. The van der Waals surface area contributed by atoms with E-state index >= 15 is 0 Å². The predicted molar refractivity (Wildman–Crippen MR) is 101 cm³/mol. The summed E-state index contributed by atoms with van der Waals surface area (Å²) < 4.78 is 7.82. The van der Waals surface area contributed by atoms with E-state index in [4.69, 9.17) is 4.52 Å². The highest BCUT2D eigenvalue weighted by molar-refractivity contribution is 5.93. The standard InChI is InChI=1S/C21H28N4O2/c26-21(19-17-6-1-2-7-18(17)23-27-19)24-11-8-16(9-12-24)20-22-10-13-25(20)14-15-4-3-5-15/h10,13,15-16H,1-9,11-12,14H2. The first-order valence-electron chi connectivity index (χ1n) is 10.6. The van der Waals surface area contributed by atoms with Gasteiger partial charge in [0.15, 0.2) is 0 Å². The Hall–Kier alpha value is -2.11. The summed E-state index contributed by atoms with van der Waals surface area (Å²) in [5.41, 5.74) is 2.06. The number of rotatable bonds is 4. The van der Waals surface area contributed by atoms with Gasteiger partial charge in [0.05, 0.1) is 5.69 Å². The lowest BCUT2D eigenvalue weighted by atomic mass is 9.85. The quantitative estimate of drug-likeness (QED) is 0.828. The number of nitrogens with zero attached hydrogens (tertiary/aromatic N) is 4. The number of aryl methyl sites for hydroxylation is 1. The van der Waals surface area contributed by atoms with Crippen LogP contribution >= 0.6 is 0 Å². The molecule has 0 radical (unpaired) electrons. The molecule has 27 heavy (non-hydrogen) atoms. The van der Waals surface area contributed by atoms with Crippen LogP contribution < -0.4 is 0 Å². The van der Waals surface area contributed by atoms with E-state index in [1.54, 1.807) is 0 Å². The van der Waals surface area contributed by atoms with Crippen LogP contribution in [0.1, 0.15) is 78.5 Å². The highest BCUT2D eigenvalue weighted by Crippen LogP contribution is 2.32. The van der Waals surface area contributed by atoms with Crippen LogP contribution in [0, 0.1) is 5.92 Å². The molecule has 0 atom stereocenters. The summed E-state index contributed by atoms with van der Waals surface area (Å²) in [5, 5.41) is 4.15. The number of likely N-dealkylation sites (tertiary alicyclic amines) is 1. The first-order valence-corrected chi connectivity index (χ1v) is 10.6. The molecule has 1 saturated carbocycles. The molecule has 2 aliphatic carbocycles. The third-order valence-corrected chi connectivity index (χ3v) is 6.73. The molecule has 6 heteroatoms. The summed E-state index contributed by atoms with van der Waals surface area (Å²) in [6, 6.07) is 0. The van der Waals surface area contributed by atoms with Crippen molar-refractivity contribution in [3.63, 3.8) is 0 Å². The number of amides is 1. The number of hydrogen-bond donors (Lipinski definition) is 0. The Balaban J connectivity index is 1.23. The lowest BCUT2D eigenvalue weighted by Crippen LogP contribution is -2.38. The van der Waals surface area contributed by atoms with Gasteiger partial charge in [-0.25, -0.2) is 4.98 Å². The van der Waals surface area contributed by atoms with Crippen molar-refractivity contribution in [2.75, 3.05) is 13.1 Å². The number of aromatic nitrogens is 3. The number of carbonyl (C=O) groups is 1. The van der Waals surface area contributed by atoms with Crippen molar-refractivity contribution in [1.82, 2.24) is 19.6 Å². The summed E-state index contributed by atoms with van der Waals surface area (Å²) in [7, 11) is 0. The molecule has 0 N–H and O–H groups in total. The molecular weight excluding hydrogens is 340 g/mol. The van der Waals surface area contributed by atoms with Crippen LogP contribution in [0.5, 0.6) is 0 Å². The van der Waals surface area contributed by atoms with E-state index < -0.39 is 0 Å². The van der Waals surface area contributed by atoms with Gasteiger partial charge in [0.25, 0.3) is 5.91 Å². The van der Waals surface area contributed by atoms with Crippen molar-refractivity contribution in [2.24, 2.45) is 5.92 Å². The third kappa shape index (κ3) is 3.19. The normalized spacial score (nSPS) is 21.1. The molecule has 5 rings (SSSR count). The van der Waals surface area contributed by atoms with E-state index in [0.29, 0.717) is 11.7 Å². The molecule has 2 aromatic rings. The topological polar surface area (TPSA) is 64.2 Å². The van der Waals surface area contributed by atoms with Crippen LogP contribution in [0.25, 0.3) is 0 Å². The maximum atomic E-state index is 13.0. The van der Waals surface area contributed by atoms with Gasteiger partial charge in [-0.05, 0) is 57.3 Å². The predicted octanol–water partition coefficient (Wildman–Crippen LogP) is 3.57. The molecule has 1 aliphatic heterocycles. The minimum Gasteiger partial charge on any atom is -0.350 e. The Morgan fingerprint density at radius 1 is 1.11 bits per heavy atom. The third-order valence-electron chi connectivity index (χ3n) is 6.73. The van der Waals surface area contributed by atoms with E-state index in [9.17, 15) is 4.79 Å². The van der Waals surface area contributed by atoms with Gasteiger partial charge in [-0.3, -0.25) is 4.79 Å². The van der Waals surface area contributed by atoms with Gasteiger partial charge >= 0.3 is 0 Å². The summed E-state index contributed by atoms with van der Waals surface area (Å²) >= 11 is 0. The Kier molecular flexibility index (Phi) is 4.50. The van der Waals surface area contributed by atoms with Gasteiger partial charge in [-0.1, -0.05) is 11.6 Å². The Morgan fingerprint density at radius 3 is 2.70 bits per heavy atom. The zero-order valence-electron chi connectivity index (χ0n) is 15.9. The summed E-state index contributed by atoms with van der Waals surface area (Å²) in [6.45, 7) is 2.66. The molecule has 2 fully saturated rings. The van der Waals surface area contributed by atoms with Crippen molar-refractivity contribution < 1.29 is 9.32 Å². The van der Waals surface area contributed by atoms with Crippen LogP contribution in [-0.2, 0) is 19.4 Å². The number of fused-ring (bicyclic) bond motifs is 1. The molecule has 6 nitrogen and oxygen atoms in total. The zero-order chi connectivity index (χ0) is 18.2. The van der Waals surface area contributed by atoms with Gasteiger partial charge in [-0.2, -0.15) is 0 Å². The molecule has 1 saturated heterocycles. The Labute approximate surface area is 159 Å². The fraction of sp³-hybridized carbons (Fsp3) is 0.667. The first kappa shape index (κ1) is 17.0. The monoisotopic (exact) mass is 368 g/mol.